The number of carbonyl (C=O) groups excluding carboxylic acids is 1. The van der Waals surface area contributed by atoms with Crippen LogP contribution in [0.4, 0.5) is 0 Å². The van der Waals surface area contributed by atoms with Crippen LogP contribution in [0.3, 0.4) is 0 Å². The molecule has 3 atom stereocenters. The number of carbonyl (C=O) groups is 2. The van der Waals surface area contributed by atoms with Gasteiger partial charge in [-0.05, 0) is 13.0 Å². The summed E-state index contributed by atoms with van der Waals surface area (Å²) in [4.78, 5) is 24.0. The molecule has 0 aromatic rings. The van der Waals surface area contributed by atoms with E-state index in [0.29, 0.717) is 0 Å². The van der Waals surface area contributed by atoms with Crippen molar-refractivity contribution in [1.82, 2.24) is 4.90 Å². The van der Waals surface area contributed by atoms with E-state index in [9.17, 15) is 14.7 Å². The van der Waals surface area contributed by atoms with Gasteiger partial charge in [0.05, 0.1) is 18.1 Å². The Morgan fingerprint density at radius 2 is 2.12 bits per heavy atom. The largest absolute Gasteiger partial charge is 0.477 e. The van der Waals surface area contributed by atoms with Gasteiger partial charge in [0.15, 0.2) is 0 Å². The van der Waals surface area contributed by atoms with Gasteiger partial charge in [-0.25, -0.2) is 4.79 Å². The summed E-state index contributed by atoms with van der Waals surface area (Å²) < 4.78 is 0. The molecular formula is C11H15NO4. The van der Waals surface area contributed by atoms with E-state index in [2.05, 4.69) is 0 Å². The molecule has 0 spiro atoms. The van der Waals surface area contributed by atoms with E-state index in [0.717, 1.165) is 0 Å². The topological polar surface area (TPSA) is 77.8 Å². The van der Waals surface area contributed by atoms with Crippen LogP contribution < -0.4 is 0 Å². The lowest BCUT2D eigenvalue weighted by molar-refractivity contribution is -0.166. The minimum atomic E-state index is -1.09. The van der Waals surface area contributed by atoms with Crippen LogP contribution in [0.5, 0.6) is 0 Å². The van der Waals surface area contributed by atoms with Gasteiger partial charge in [0.25, 0.3) is 0 Å². The Labute approximate surface area is 93.4 Å². The molecule has 2 N–H and O–H groups in total. The zero-order valence-electron chi connectivity index (χ0n) is 9.47. The monoisotopic (exact) mass is 225 g/mol. The van der Waals surface area contributed by atoms with Crippen molar-refractivity contribution in [3.05, 3.63) is 11.8 Å². The zero-order valence-corrected chi connectivity index (χ0v) is 9.47. The van der Waals surface area contributed by atoms with Crippen LogP contribution in [0.2, 0.25) is 0 Å². The van der Waals surface area contributed by atoms with Gasteiger partial charge in [-0.3, -0.25) is 4.79 Å². The fourth-order valence-electron chi connectivity index (χ4n) is 2.72. The van der Waals surface area contributed by atoms with Crippen LogP contribution in [0, 0.1) is 11.3 Å². The second-order valence-corrected chi connectivity index (χ2v) is 5.08. The van der Waals surface area contributed by atoms with Gasteiger partial charge < -0.3 is 15.1 Å². The minimum absolute atomic E-state index is 0.0388. The van der Waals surface area contributed by atoms with E-state index in [1.54, 1.807) is 13.0 Å². The summed E-state index contributed by atoms with van der Waals surface area (Å²) in [5, 5.41) is 18.5. The highest BCUT2D eigenvalue weighted by atomic mass is 16.4. The maximum absolute atomic E-state index is 11.7. The van der Waals surface area contributed by atoms with Crippen LogP contribution in [-0.4, -0.2) is 39.1 Å². The van der Waals surface area contributed by atoms with Gasteiger partial charge in [0.1, 0.15) is 5.70 Å². The molecule has 0 unspecified atom stereocenters. The van der Waals surface area contributed by atoms with Gasteiger partial charge in [-0.2, -0.15) is 0 Å². The number of carboxylic acids is 1. The van der Waals surface area contributed by atoms with Crippen LogP contribution in [0.25, 0.3) is 0 Å². The van der Waals surface area contributed by atoms with Gasteiger partial charge in [-0.15, -0.1) is 0 Å². The molecule has 2 aliphatic heterocycles. The van der Waals surface area contributed by atoms with E-state index >= 15 is 0 Å². The highest BCUT2D eigenvalue weighted by Crippen LogP contribution is 2.49. The van der Waals surface area contributed by atoms with E-state index in [1.807, 2.05) is 13.8 Å². The quantitative estimate of drug-likeness (QED) is 0.658. The smallest absolute Gasteiger partial charge is 0.352 e. The first kappa shape index (κ1) is 11.1. The Hall–Kier alpha value is -1.36. The first-order valence-corrected chi connectivity index (χ1v) is 5.24. The van der Waals surface area contributed by atoms with Crippen molar-refractivity contribution in [2.24, 2.45) is 11.3 Å². The van der Waals surface area contributed by atoms with E-state index in [-0.39, 0.29) is 17.6 Å². The third-order valence-electron chi connectivity index (χ3n) is 3.41. The predicted molar refractivity (Wildman–Crippen MR) is 55.3 cm³/mol. The van der Waals surface area contributed by atoms with Crippen LogP contribution in [-0.2, 0) is 9.59 Å². The van der Waals surface area contributed by atoms with Crippen LogP contribution in [0.1, 0.15) is 20.8 Å². The molecule has 0 radical (unpaired) electrons. The number of fused-ring (bicyclic) bond motifs is 1. The average Bonchev–Trinajstić information content (AvgIpc) is 2.33. The number of hydrogen-bond acceptors (Lipinski definition) is 3. The Morgan fingerprint density at radius 3 is 2.56 bits per heavy atom. The second kappa shape index (κ2) is 3.07. The van der Waals surface area contributed by atoms with Crippen molar-refractivity contribution in [2.75, 3.05) is 0 Å². The first-order valence-electron chi connectivity index (χ1n) is 5.24. The summed E-state index contributed by atoms with van der Waals surface area (Å²) in [6.07, 6.45) is 0.856. The summed E-state index contributed by atoms with van der Waals surface area (Å²) in [6, 6.07) is -0.230. The van der Waals surface area contributed by atoms with E-state index in [1.165, 1.54) is 4.90 Å². The van der Waals surface area contributed by atoms with Crippen LogP contribution >= 0.6 is 0 Å². The number of aliphatic carboxylic acids is 1. The summed E-state index contributed by atoms with van der Waals surface area (Å²) in [5.41, 5.74) is -0.361. The maximum atomic E-state index is 11.7. The lowest BCUT2D eigenvalue weighted by Crippen LogP contribution is -2.65. The summed E-state index contributed by atoms with van der Waals surface area (Å²) >= 11 is 0. The number of carboxylic acid groups (broad SMARTS) is 1. The van der Waals surface area contributed by atoms with Gasteiger partial charge in [0.2, 0.25) is 5.91 Å². The standard InChI is InChI=1S/C11H15NO4/c1-5(13)7-8-11(2,3)4-6(10(15)16)12(8)9(7)14/h4-5,7-8,13H,1-3H3,(H,15,16)/t5-,7-,8+/m1/s1. The normalized spacial score (nSPS) is 32.9. The highest BCUT2D eigenvalue weighted by molar-refractivity contribution is 5.99. The molecule has 1 fully saturated rings. The molecule has 0 aliphatic carbocycles. The fraction of sp³-hybridized carbons (Fsp3) is 0.636. The molecule has 0 saturated carbocycles. The minimum Gasteiger partial charge on any atom is -0.477 e. The Balaban J connectivity index is 2.36. The molecular weight excluding hydrogens is 210 g/mol. The van der Waals surface area contributed by atoms with Crippen molar-refractivity contribution in [3.63, 3.8) is 0 Å². The molecule has 1 saturated heterocycles. The third-order valence-corrected chi connectivity index (χ3v) is 3.41. The van der Waals surface area contributed by atoms with Gasteiger partial charge in [-0.1, -0.05) is 13.8 Å². The van der Waals surface area contributed by atoms with Crippen molar-refractivity contribution >= 4 is 11.9 Å². The molecule has 1 amide bonds. The maximum Gasteiger partial charge on any atom is 0.352 e. The number of aliphatic hydroxyl groups is 1. The lowest BCUT2D eigenvalue weighted by Gasteiger charge is -2.49. The number of amides is 1. The van der Waals surface area contributed by atoms with Crippen molar-refractivity contribution in [1.29, 1.82) is 0 Å². The van der Waals surface area contributed by atoms with Crippen molar-refractivity contribution in [2.45, 2.75) is 32.9 Å². The Bertz CT molecular complexity index is 397. The Morgan fingerprint density at radius 1 is 1.56 bits per heavy atom. The third kappa shape index (κ3) is 1.21. The summed E-state index contributed by atoms with van der Waals surface area (Å²) in [6.45, 7) is 5.32. The molecule has 88 valence electrons. The van der Waals surface area contributed by atoms with Crippen LogP contribution in [0.15, 0.2) is 11.8 Å². The molecule has 2 rings (SSSR count). The molecule has 0 aromatic heterocycles. The molecule has 16 heavy (non-hydrogen) atoms. The second-order valence-electron chi connectivity index (χ2n) is 5.08. The first-order chi connectivity index (χ1) is 7.27. The van der Waals surface area contributed by atoms with E-state index < -0.39 is 23.4 Å². The molecule has 0 bridgehead atoms. The molecule has 0 aromatic carbocycles. The number of hydrogen-bond donors (Lipinski definition) is 2. The molecule has 2 heterocycles. The molecule has 2 aliphatic rings. The average molecular weight is 225 g/mol. The number of β-lactam (4-membered cyclic amide) rings is 1. The van der Waals surface area contributed by atoms with Gasteiger partial charge >= 0.3 is 5.97 Å². The Kier molecular flexibility index (Phi) is 2.14. The van der Waals surface area contributed by atoms with Crippen molar-refractivity contribution in [3.8, 4) is 0 Å². The SMILES string of the molecule is C[C@@H](O)[C@H]1C(=O)N2C(C(=O)O)=CC(C)(C)[C@H]12. The lowest BCUT2D eigenvalue weighted by atomic mass is 9.71. The molecule has 5 nitrogen and oxygen atoms in total. The summed E-state index contributed by atoms with van der Waals surface area (Å²) in [5.74, 6) is -1.87. The van der Waals surface area contributed by atoms with Crippen molar-refractivity contribution < 1.29 is 19.8 Å². The molecule has 5 heteroatoms. The number of aliphatic hydroxyl groups excluding tert-OH is 1. The summed E-state index contributed by atoms with van der Waals surface area (Å²) in [7, 11) is 0. The van der Waals surface area contributed by atoms with Gasteiger partial charge in [0, 0.05) is 5.41 Å². The highest BCUT2D eigenvalue weighted by Gasteiger charge is 2.61. The number of nitrogens with zero attached hydrogens (tertiary/aromatic N) is 1. The predicted octanol–water partition coefficient (Wildman–Crippen LogP) is 0.202. The fourth-order valence-corrected chi connectivity index (χ4v) is 2.72. The number of rotatable bonds is 2. The zero-order chi connectivity index (χ0) is 12.2. The van der Waals surface area contributed by atoms with E-state index in [4.69, 9.17) is 5.11 Å².